The molecule has 0 amide bonds. The molecule has 33 heavy (non-hydrogen) atoms. The van der Waals surface area contributed by atoms with Gasteiger partial charge < -0.3 is 20.2 Å². The van der Waals surface area contributed by atoms with Crippen molar-refractivity contribution in [3.05, 3.63) is 95.0 Å². The number of nitrogens with one attached hydrogen (secondary N) is 1. The van der Waals surface area contributed by atoms with Crippen LogP contribution in [0.15, 0.2) is 83.9 Å². The van der Waals surface area contributed by atoms with Crippen LogP contribution in [-0.2, 0) is 6.42 Å². The van der Waals surface area contributed by atoms with Gasteiger partial charge in [0.1, 0.15) is 0 Å². The lowest BCUT2D eigenvalue weighted by molar-refractivity contribution is 0.0697. The summed E-state index contributed by atoms with van der Waals surface area (Å²) < 4.78 is 0. The Labute approximate surface area is 199 Å². The first kappa shape index (κ1) is 22.7. The lowest BCUT2D eigenvalue weighted by Gasteiger charge is -2.38. The molecule has 0 radical (unpaired) electrons. The molecule has 1 fully saturated rings. The highest BCUT2D eigenvalue weighted by Gasteiger charge is 2.20. The molecular weight excluding hydrogens is 436 g/mol. The zero-order chi connectivity index (χ0) is 23.0. The van der Waals surface area contributed by atoms with Crippen LogP contribution < -0.4 is 10.2 Å². The van der Waals surface area contributed by atoms with Crippen LogP contribution in [0, 0.1) is 0 Å². The fourth-order valence-corrected chi connectivity index (χ4v) is 4.05. The second-order valence-corrected chi connectivity index (χ2v) is 8.34. The molecule has 0 unspecified atom stereocenters. The first-order valence-electron chi connectivity index (χ1n) is 11.0. The summed E-state index contributed by atoms with van der Waals surface area (Å²) in [5.41, 5.74) is 3.31. The fraction of sp³-hybridized carbons (Fsp3) is 0.231. The third-order valence-electron chi connectivity index (χ3n) is 5.62. The predicted molar refractivity (Wildman–Crippen MR) is 135 cm³/mol. The number of hydrogen-bond donors (Lipinski definition) is 2. The van der Waals surface area contributed by atoms with Crippen LogP contribution in [0.4, 0.5) is 11.4 Å². The summed E-state index contributed by atoms with van der Waals surface area (Å²) >= 11 is 6.17. The second kappa shape index (κ2) is 10.9. The van der Waals surface area contributed by atoms with Gasteiger partial charge in [0.05, 0.1) is 5.56 Å². The number of halogens is 1. The molecule has 3 aromatic rings. The number of piperazine rings is 1. The molecule has 3 aromatic carbocycles. The number of carbonyl (C=O) groups is 1. The highest BCUT2D eigenvalue weighted by Crippen LogP contribution is 2.21. The lowest BCUT2D eigenvalue weighted by Crippen LogP contribution is -2.50. The molecule has 6 nitrogen and oxygen atoms in total. The molecule has 0 atom stereocenters. The van der Waals surface area contributed by atoms with E-state index in [1.54, 1.807) is 18.2 Å². The summed E-state index contributed by atoms with van der Waals surface area (Å²) in [5.74, 6) is -0.185. The summed E-state index contributed by atoms with van der Waals surface area (Å²) in [5, 5.41) is 13.4. The Bertz CT molecular complexity index is 1110. The van der Waals surface area contributed by atoms with Crippen molar-refractivity contribution in [1.82, 2.24) is 4.90 Å². The van der Waals surface area contributed by atoms with Gasteiger partial charge in [-0.05, 0) is 48.4 Å². The molecule has 0 aromatic heterocycles. The van der Waals surface area contributed by atoms with E-state index in [0.717, 1.165) is 49.3 Å². The Kier molecular flexibility index (Phi) is 7.47. The number of carboxylic acids is 1. The van der Waals surface area contributed by atoms with Crippen molar-refractivity contribution in [3.8, 4) is 0 Å². The van der Waals surface area contributed by atoms with Gasteiger partial charge in [-0.25, -0.2) is 4.79 Å². The smallest absolute Gasteiger partial charge is 0.335 e. The maximum atomic E-state index is 11.4. The Hall–Kier alpha value is -3.51. The molecule has 1 aliphatic rings. The Balaban J connectivity index is 1.48. The third-order valence-corrected chi connectivity index (χ3v) is 5.86. The lowest BCUT2D eigenvalue weighted by atomic mass is 10.1. The highest BCUT2D eigenvalue weighted by molar-refractivity contribution is 6.30. The standard InChI is InChI=1S/C26H27ClN4O2/c27-22-9-5-11-24(19-22)30-14-16-31(17-15-30)26(28-13-12-20-6-2-1-3-7-20)29-23-10-4-8-21(18-23)25(32)33/h1-11,18-19H,12-17H2,(H,28,29)(H,32,33). The van der Waals surface area contributed by atoms with E-state index in [4.69, 9.17) is 16.6 Å². The molecule has 1 heterocycles. The molecule has 1 saturated heterocycles. The van der Waals surface area contributed by atoms with Crippen LogP contribution in [0.2, 0.25) is 5.02 Å². The molecule has 0 aliphatic carbocycles. The quantitative estimate of drug-likeness (QED) is 0.404. The summed E-state index contributed by atoms with van der Waals surface area (Å²) in [6.45, 7) is 3.91. The van der Waals surface area contributed by atoms with Gasteiger partial charge in [-0.3, -0.25) is 4.99 Å². The average Bonchev–Trinajstić information content (AvgIpc) is 2.84. The largest absolute Gasteiger partial charge is 0.478 e. The molecule has 0 bridgehead atoms. The second-order valence-electron chi connectivity index (χ2n) is 7.91. The first-order valence-corrected chi connectivity index (χ1v) is 11.4. The van der Waals surface area contributed by atoms with E-state index in [-0.39, 0.29) is 5.56 Å². The molecule has 0 saturated carbocycles. The maximum Gasteiger partial charge on any atom is 0.335 e. The molecule has 7 heteroatoms. The number of nitrogens with zero attached hydrogens (tertiary/aromatic N) is 3. The highest BCUT2D eigenvalue weighted by atomic mass is 35.5. The van der Waals surface area contributed by atoms with Gasteiger partial charge in [-0.2, -0.15) is 0 Å². The first-order chi connectivity index (χ1) is 16.1. The third kappa shape index (κ3) is 6.26. The Morgan fingerprint density at radius 2 is 1.70 bits per heavy atom. The Morgan fingerprint density at radius 1 is 0.939 bits per heavy atom. The summed E-state index contributed by atoms with van der Waals surface area (Å²) in [7, 11) is 0. The fourth-order valence-electron chi connectivity index (χ4n) is 3.86. The van der Waals surface area contributed by atoms with Crippen LogP contribution in [0.25, 0.3) is 0 Å². The van der Waals surface area contributed by atoms with Crippen LogP contribution in [0.5, 0.6) is 0 Å². The predicted octanol–water partition coefficient (Wildman–Crippen LogP) is 4.87. The normalized spacial score (nSPS) is 14.3. The van der Waals surface area contributed by atoms with Crippen molar-refractivity contribution in [2.45, 2.75) is 6.42 Å². The van der Waals surface area contributed by atoms with Crippen molar-refractivity contribution in [2.24, 2.45) is 4.99 Å². The van der Waals surface area contributed by atoms with E-state index < -0.39 is 5.97 Å². The van der Waals surface area contributed by atoms with Gasteiger partial charge in [0, 0.05) is 49.1 Å². The van der Waals surface area contributed by atoms with E-state index in [1.165, 1.54) is 5.56 Å². The van der Waals surface area contributed by atoms with E-state index in [2.05, 4.69) is 33.3 Å². The van der Waals surface area contributed by atoms with E-state index in [9.17, 15) is 9.90 Å². The molecule has 170 valence electrons. The zero-order valence-electron chi connectivity index (χ0n) is 18.3. The van der Waals surface area contributed by atoms with Crippen molar-refractivity contribution < 1.29 is 9.90 Å². The topological polar surface area (TPSA) is 68.2 Å². The maximum absolute atomic E-state index is 11.4. The van der Waals surface area contributed by atoms with Crippen molar-refractivity contribution in [3.63, 3.8) is 0 Å². The molecule has 0 spiro atoms. The summed E-state index contributed by atoms with van der Waals surface area (Å²) in [6, 6.07) is 25.0. The van der Waals surface area contributed by atoms with Gasteiger partial charge in [-0.15, -0.1) is 0 Å². The van der Waals surface area contributed by atoms with Crippen molar-refractivity contribution >= 4 is 34.9 Å². The SMILES string of the molecule is O=C(O)c1cccc(NC(=NCCc2ccccc2)N2CCN(c3cccc(Cl)c3)CC2)c1. The number of hydrogen-bond acceptors (Lipinski definition) is 3. The van der Waals surface area contributed by atoms with Gasteiger partial charge in [-0.1, -0.05) is 54.1 Å². The van der Waals surface area contributed by atoms with Gasteiger partial charge in [0.25, 0.3) is 0 Å². The van der Waals surface area contributed by atoms with Crippen LogP contribution >= 0.6 is 11.6 Å². The Morgan fingerprint density at radius 3 is 2.42 bits per heavy atom. The molecule has 1 aliphatic heterocycles. The number of carboxylic acid groups (broad SMARTS) is 1. The molecule has 4 rings (SSSR count). The number of rotatable bonds is 6. The van der Waals surface area contributed by atoms with Gasteiger partial charge in [0.15, 0.2) is 5.96 Å². The van der Waals surface area contributed by atoms with E-state index in [1.807, 2.05) is 42.5 Å². The van der Waals surface area contributed by atoms with Gasteiger partial charge >= 0.3 is 5.97 Å². The van der Waals surface area contributed by atoms with Crippen LogP contribution in [-0.4, -0.2) is 54.7 Å². The van der Waals surface area contributed by atoms with Crippen molar-refractivity contribution in [1.29, 1.82) is 0 Å². The summed E-state index contributed by atoms with van der Waals surface area (Å²) in [4.78, 5) is 20.8. The molecular formula is C26H27ClN4O2. The van der Waals surface area contributed by atoms with Crippen LogP contribution in [0.3, 0.4) is 0 Å². The van der Waals surface area contributed by atoms with E-state index in [0.29, 0.717) is 12.2 Å². The number of aliphatic imine (C=N–C) groups is 1. The van der Waals surface area contributed by atoms with Crippen molar-refractivity contribution in [2.75, 3.05) is 42.9 Å². The number of benzene rings is 3. The number of aromatic carboxylic acids is 1. The summed E-state index contributed by atoms with van der Waals surface area (Å²) in [6.07, 6.45) is 0.837. The van der Waals surface area contributed by atoms with Crippen LogP contribution in [0.1, 0.15) is 15.9 Å². The van der Waals surface area contributed by atoms with Gasteiger partial charge in [0.2, 0.25) is 0 Å². The minimum Gasteiger partial charge on any atom is -0.478 e. The minimum atomic E-state index is -0.948. The van der Waals surface area contributed by atoms with E-state index >= 15 is 0 Å². The average molecular weight is 463 g/mol. The molecule has 2 N–H and O–H groups in total. The minimum absolute atomic E-state index is 0.245. The zero-order valence-corrected chi connectivity index (χ0v) is 19.1. The monoisotopic (exact) mass is 462 g/mol. The number of anilines is 2. The number of guanidine groups is 1.